The molecule has 140 valence electrons. The van der Waals surface area contributed by atoms with Gasteiger partial charge in [0.2, 0.25) is 10.0 Å². The number of nitrogens with one attached hydrogen (secondary N) is 2. The number of carbonyl (C=O) groups is 1. The van der Waals surface area contributed by atoms with E-state index in [1.165, 1.54) is 37.6 Å². The van der Waals surface area contributed by atoms with Crippen molar-refractivity contribution in [3.8, 4) is 0 Å². The first-order chi connectivity index (χ1) is 13.0. The molecule has 8 nitrogen and oxygen atoms in total. The highest BCUT2D eigenvalue weighted by atomic mass is 32.2. The van der Waals surface area contributed by atoms with Gasteiger partial charge in [0.25, 0.3) is 5.91 Å². The average molecular weight is 385 g/mol. The Morgan fingerprint density at radius 1 is 1.04 bits per heavy atom. The van der Waals surface area contributed by atoms with Crippen molar-refractivity contribution in [2.24, 2.45) is 0 Å². The molecular weight excluding hydrogens is 366 g/mol. The molecule has 0 aliphatic carbocycles. The van der Waals surface area contributed by atoms with E-state index in [0.29, 0.717) is 12.1 Å². The highest BCUT2D eigenvalue weighted by molar-refractivity contribution is 7.89. The molecule has 9 heteroatoms. The maximum absolute atomic E-state index is 12.4. The van der Waals surface area contributed by atoms with Crippen molar-refractivity contribution in [3.63, 3.8) is 0 Å². The largest absolute Gasteiger partial charge is 0.355 e. The summed E-state index contributed by atoms with van der Waals surface area (Å²) in [7, 11) is -2.14. The first-order valence-electron chi connectivity index (χ1n) is 8.20. The molecule has 0 spiro atoms. The highest BCUT2D eigenvalue weighted by Gasteiger charge is 2.14. The quantitative estimate of drug-likeness (QED) is 0.635. The lowest BCUT2D eigenvalue weighted by molar-refractivity contribution is 0.0963. The molecule has 27 heavy (non-hydrogen) atoms. The van der Waals surface area contributed by atoms with Crippen molar-refractivity contribution in [1.82, 2.24) is 24.8 Å². The predicted octanol–water partition coefficient (Wildman–Crippen LogP) is 1.16. The minimum absolute atomic E-state index is 0.109. The van der Waals surface area contributed by atoms with Crippen LogP contribution in [0.5, 0.6) is 0 Å². The smallest absolute Gasteiger partial charge is 0.251 e. The van der Waals surface area contributed by atoms with Crippen LogP contribution in [0.4, 0.5) is 0 Å². The Bertz CT molecular complexity index is 998. The standard InChI is InChI=1S/C18H19N5O3S/c1-19-18(24)16-6-8-17(9-7-16)27(25,26)22-10-14-2-4-15(5-3-14)11-23-13-20-12-21-23/h2-9,12-13,22H,10-11H2,1H3,(H,19,24). The maximum Gasteiger partial charge on any atom is 0.251 e. The molecule has 3 rings (SSSR count). The van der Waals surface area contributed by atoms with Gasteiger partial charge in [-0.2, -0.15) is 5.10 Å². The maximum atomic E-state index is 12.4. The monoisotopic (exact) mass is 385 g/mol. The summed E-state index contributed by atoms with van der Waals surface area (Å²) in [6.45, 7) is 0.771. The summed E-state index contributed by atoms with van der Waals surface area (Å²) in [5.41, 5.74) is 2.28. The Labute approximate surface area is 157 Å². The van der Waals surface area contributed by atoms with Gasteiger partial charge in [-0.05, 0) is 35.4 Å². The summed E-state index contributed by atoms with van der Waals surface area (Å²) in [5.74, 6) is -0.266. The zero-order valence-electron chi connectivity index (χ0n) is 14.7. The van der Waals surface area contributed by atoms with Crippen LogP contribution >= 0.6 is 0 Å². The molecule has 0 unspecified atom stereocenters. The summed E-state index contributed by atoms with van der Waals surface area (Å²) in [5, 5.41) is 6.54. The van der Waals surface area contributed by atoms with Gasteiger partial charge in [0.15, 0.2) is 0 Å². The van der Waals surface area contributed by atoms with Crippen LogP contribution in [0.25, 0.3) is 0 Å². The van der Waals surface area contributed by atoms with E-state index in [-0.39, 0.29) is 17.3 Å². The second-order valence-corrected chi connectivity index (χ2v) is 7.60. The van der Waals surface area contributed by atoms with E-state index < -0.39 is 10.0 Å². The summed E-state index contributed by atoms with van der Waals surface area (Å²) in [4.78, 5) is 15.5. The van der Waals surface area contributed by atoms with Gasteiger partial charge in [0, 0.05) is 19.2 Å². The number of hydrogen-bond acceptors (Lipinski definition) is 5. The van der Waals surface area contributed by atoms with Crippen molar-refractivity contribution in [2.45, 2.75) is 18.0 Å². The summed E-state index contributed by atoms with van der Waals surface area (Å²) in [6.07, 6.45) is 3.11. The van der Waals surface area contributed by atoms with Crippen LogP contribution in [0, 0.1) is 0 Å². The van der Waals surface area contributed by atoms with E-state index in [9.17, 15) is 13.2 Å². The summed E-state index contributed by atoms with van der Waals surface area (Å²) < 4.78 is 29.1. The lowest BCUT2D eigenvalue weighted by Gasteiger charge is -2.08. The third-order valence-electron chi connectivity index (χ3n) is 3.95. The molecule has 2 N–H and O–H groups in total. The fraction of sp³-hybridized carbons (Fsp3) is 0.167. The van der Waals surface area contributed by atoms with Crippen LogP contribution in [-0.4, -0.2) is 36.1 Å². The molecule has 0 aliphatic rings. The molecule has 1 aromatic heterocycles. The molecule has 1 heterocycles. The normalized spacial score (nSPS) is 11.3. The van der Waals surface area contributed by atoms with Crippen molar-refractivity contribution < 1.29 is 13.2 Å². The second kappa shape index (κ2) is 8.11. The number of rotatable bonds is 7. The number of aromatic nitrogens is 3. The number of hydrogen-bond donors (Lipinski definition) is 2. The van der Waals surface area contributed by atoms with E-state index in [0.717, 1.165) is 11.1 Å². The predicted molar refractivity (Wildman–Crippen MR) is 99.4 cm³/mol. The average Bonchev–Trinajstić information content (AvgIpc) is 3.20. The second-order valence-electron chi connectivity index (χ2n) is 5.84. The molecule has 0 fully saturated rings. The van der Waals surface area contributed by atoms with E-state index >= 15 is 0 Å². The molecule has 2 aromatic carbocycles. The SMILES string of the molecule is CNC(=O)c1ccc(S(=O)(=O)NCc2ccc(Cn3cncn3)cc2)cc1. The van der Waals surface area contributed by atoms with E-state index in [1.54, 1.807) is 11.0 Å². The van der Waals surface area contributed by atoms with Crippen molar-refractivity contribution in [2.75, 3.05) is 7.05 Å². The molecule has 0 saturated carbocycles. The zero-order chi connectivity index (χ0) is 19.3. The summed E-state index contributed by atoms with van der Waals surface area (Å²) >= 11 is 0. The van der Waals surface area contributed by atoms with Crippen LogP contribution in [0.2, 0.25) is 0 Å². The molecule has 0 atom stereocenters. The first kappa shape index (κ1) is 18.7. The number of carbonyl (C=O) groups excluding carboxylic acids is 1. The fourth-order valence-corrected chi connectivity index (χ4v) is 3.47. The Hall–Kier alpha value is -3.04. The highest BCUT2D eigenvalue weighted by Crippen LogP contribution is 2.12. The van der Waals surface area contributed by atoms with Gasteiger partial charge in [-0.3, -0.25) is 4.79 Å². The lowest BCUT2D eigenvalue weighted by Crippen LogP contribution is -2.23. The van der Waals surface area contributed by atoms with Crippen LogP contribution in [0.3, 0.4) is 0 Å². The molecule has 0 saturated heterocycles. The zero-order valence-corrected chi connectivity index (χ0v) is 15.5. The van der Waals surface area contributed by atoms with Gasteiger partial charge in [-0.1, -0.05) is 24.3 Å². The van der Waals surface area contributed by atoms with Crippen molar-refractivity contribution in [3.05, 3.63) is 77.9 Å². The van der Waals surface area contributed by atoms with Crippen molar-refractivity contribution >= 4 is 15.9 Å². The molecular formula is C18H19N5O3S. The third-order valence-corrected chi connectivity index (χ3v) is 5.37. The van der Waals surface area contributed by atoms with Gasteiger partial charge in [-0.15, -0.1) is 0 Å². The van der Waals surface area contributed by atoms with Gasteiger partial charge in [0.1, 0.15) is 12.7 Å². The van der Waals surface area contributed by atoms with Gasteiger partial charge in [0.05, 0.1) is 11.4 Å². The van der Waals surface area contributed by atoms with Gasteiger partial charge in [-0.25, -0.2) is 22.8 Å². The summed E-state index contributed by atoms with van der Waals surface area (Å²) in [6, 6.07) is 13.3. The minimum atomic E-state index is -3.66. The first-order valence-corrected chi connectivity index (χ1v) is 9.68. The van der Waals surface area contributed by atoms with E-state index in [4.69, 9.17) is 0 Å². The van der Waals surface area contributed by atoms with Gasteiger partial charge < -0.3 is 5.32 Å². The van der Waals surface area contributed by atoms with Gasteiger partial charge >= 0.3 is 0 Å². The van der Waals surface area contributed by atoms with E-state index in [1.807, 2.05) is 24.3 Å². The fourth-order valence-electron chi connectivity index (χ4n) is 2.46. The lowest BCUT2D eigenvalue weighted by atomic mass is 10.1. The Morgan fingerprint density at radius 2 is 1.70 bits per heavy atom. The molecule has 0 aliphatic heterocycles. The number of nitrogens with zero attached hydrogens (tertiary/aromatic N) is 3. The van der Waals surface area contributed by atoms with Crippen LogP contribution in [0.15, 0.2) is 66.1 Å². The number of amides is 1. The van der Waals surface area contributed by atoms with Crippen LogP contribution in [-0.2, 0) is 23.1 Å². The Morgan fingerprint density at radius 3 is 2.30 bits per heavy atom. The molecule has 1 amide bonds. The topological polar surface area (TPSA) is 106 Å². The molecule has 0 radical (unpaired) electrons. The Kier molecular flexibility index (Phi) is 5.63. The van der Waals surface area contributed by atoms with Crippen LogP contribution < -0.4 is 10.0 Å². The number of benzene rings is 2. The molecule has 3 aromatic rings. The Balaban J connectivity index is 1.62. The third kappa shape index (κ3) is 4.78. The van der Waals surface area contributed by atoms with Crippen LogP contribution in [0.1, 0.15) is 21.5 Å². The minimum Gasteiger partial charge on any atom is -0.355 e. The van der Waals surface area contributed by atoms with Crippen molar-refractivity contribution in [1.29, 1.82) is 0 Å². The molecule has 0 bridgehead atoms. The van der Waals surface area contributed by atoms with E-state index in [2.05, 4.69) is 20.1 Å². The number of sulfonamides is 1.